The summed E-state index contributed by atoms with van der Waals surface area (Å²) in [5, 5.41) is 11.6. The summed E-state index contributed by atoms with van der Waals surface area (Å²) < 4.78 is 21.5. The van der Waals surface area contributed by atoms with E-state index in [1.54, 1.807) is 16.8 Å². The van der Waals surface area contributed by atoms with E-state index in [4.69, 9.17) is 9.84 Å². The maximum absolute atomic E-state index is 14.2. The molecule has 3 aromatic carbocycles. The van der Waals surface area contributed by atoms with Crippen molar-refractivity contribution in [3.63, 3.8) is 0 Å². The maximum Gasteiger partial charge on any atom is 0.255 e. The number of aromatic nitrogens is 3. The zero-order valence-electron chi connectivity index (χ0n) is 22.3. The number of halogens is 1. The molecular weight excluding hydrogens is 513 g/mol. The Bertz CT molecular complexity index is 1550. The molecule has 1 amide bonds. The van der Waals surface area contributed by atoms with Crippen LogP contribution in [0.25, 0.3) is 0 Å². The molecule has 200 valence electrons. The van der Waals surface area contributed by atoms with Crippen molar-refractivity contribution in [3.05, 3.63) is 106 Å². The van der Waals surface area contributed by atoms with E-state index in [2.05, 4.69) is 15.6 Å². The van der Waals surface area contributed by atoms with Crippen LogP contribution in [-0.2, 0) is 10.5 Å². The number of nitrogens with one attached hydrogen (secondary N) is 2. The van der Waals surface area contributed by atoms with Crippen molar-refractivity contribution in [1.82, 2.24) is 14.8 Å². The van der Waals surface area contributed by atoms with Crippen LogP contribution in [0.3, 0.4) is 0 Å². The van der Waals surface area contributed by atoms with Crippen molar-refractivity contribution in [1.29, 1.82) is 0 Å². The van der Waals surface area contributed by atoms with Crippen molar-refractivity contribution in [3.8, 4) is 5.75 Å². The van der Waals surface area contributed by atoms with Gasteiger partial charge in [0.1, 0.15) is 17.6 Å². The number of thioether (sulfide) groups is 1. The van der Waals surface area contributed by atoms with E-state index in [-0.39, 0.29) is 11.7 Å². The lowest BCUT2D eigenvalue weighted by Crippen LogP contribution is -2.31. The molecule has 0 saturated heterocycles. The molecule has 4 aromatic rings. The lowest BCUT2D eigenvalue weighted by atomic mass is 9.94. The summed E-state index contributed by atoms with van der Waals surface area (Å²) in [5.74, 6) is 1.16. The van der Waals surface area contributed by atoms with Crippen LogP contribution < -0.4 is 15.4 Å². The van der Waals surface area contributed by atoms with Crippen molar-refractivity contribution in [2.24, 2.45) is 0 Å². The molecule has 1 unspecified atom stereocenters. The van der Waals surface area contributed by atoms with Crippen molar-refractivity contribution >= 4 is 29.3 Å². The number of rotatable bonds is 8. The summed E-state index contributed by atoms with van der Waals surface area (Å²) in [6.45, 7) is 8.37. The number of aryl methyl sites for hydroxylation is 1. The standard InChI is InChI=1S/C30H30FN5O2S/c1-5-38-23-15-13-21(14-16-23)27-26(28(37)33-25-12-8-9-18(2)19(25)3)20(4)32-29-34-30(35-36(27)29)39-17-22-10-6-7-11-24(22)31/h6-16,27H,5,17H2,1-4H3,(H,33,37)(H,32,34,35). The van der Waals surface area contributed by atoms with Crippen LogP contribution in [0.4, 0.5) is 16.0 Å². The van der Waals surface area contributed by atoms with Gasteiger partial charge in [-0.3, -0.25) is 4.79 Å². The minimum absolute atomic E-state index is 0.228. The first-order chi connectivity index (χ1) is 18.9. The van der Waals surface area contributed by atoms with E-state index in [0.29, 0.717) is 40.3 Å². The van der Waals surface area contributed by atoms with Crippen molar-refractivity contribution in [2.45, 2.75) is 44.6 Å². The Hall–Kier alpha value is -4.11. The van der Waals surface area contributed by atoms with E-state index in [9.17, 15) is 9.18 Å². The molecule has 0 spiro atoms. The van der Waals surface area contributed by atoms with Gasteiger partial charge in [0.05, 0.1) is 12.2 Å². The largest absolute Gasteiger partial charge is 0.494 e. The zero-order chi connectivity index (χ0) is 27.5. The van der Waals surface area contributed by atoms with Crippen molar-refractivity contribution in [2.75, 3.05) is 17.2 Å². The smallest absolute Gasteiger partial charge is 0.255 e. The van der Waals surface area contributed by atoms with Crippen LogP contribution in [0.1, 0.15) is 42.1 Å². The second-order valence-electron chi connectivity index (χ2n) is 9.31. The van der Waals surface area contributed by atoms with Gasteiger partial charge in [-0.15, -0.1) is 5.10 Å². The first-order valence-electron chi connectivity index (χ1n) is 12.8. The van der Waals surface area contributed by atoms with E-state index in [1.807, 2.05) is 76.2 Å². The fraction of sp³-hybridized carbons (Fsp3) is 0.233. The van der Waals surface area contributed by atoms with Gasteiger partial charge in [-0.1, -0.05) is 54.2 Å². The second kappa shape index (κ2) is 11.3. The molecule has 9 heteroatoms. The molecule has 0 fully saturated rings. The van der Waals surface area contributed by atoms with Gasteiger partial charge in [0.2, 0.25) is 11.1 Å². The predicted octanol–water partition coefficient (Wildman–Crippen LogP) is 6.65. The molecule has 0 bridgehead atoms. The number of allylic oxidation sites excluding steroid dienone is 1. The Kier molecular flexibility index (Phi) is 7.70. The Labute approximate surface area is 231 Å². The van der Waals surface area contributed by atoms with Gasteiger partial charge < -0.3 is 15.4 Å². The van der Waals surface area contributed by atoms with Gasteiger partial charge in [-0.2, -0.15) is 4.98 Å². The highest BCUT2D eigenvalue weighted by Gasteiger charge is 2.34. The van der Waals surface area contributed by atoms with Crippen molar-refractivity contribution < 1.29 is 13.9 Å². The maximum atomic E-state index is 14.2. The summed E-state index contributed by atoms with van der Waals surface area (Å²) in [6.07, 6.45) is 0. The van der Waals surface area contributed by atoms with Crippen LogP contribution in [0.15, 0.2) is 83.2 Å². The molecule has 0 saturated carbocycles. The molecule has 1 aliphatic rings. The minimum Gasteiger partial charge on any atom is -0.494 e. The molecule has 1 atom stereocenters. The molecule has 7 nitrogen and oxygen atoms in total. The molecule has 1 aliphatic heterocycles. The molecule has 39 heavy (non-hydrogen) atoms. The average molecular weight is 544 g/mol. The topological polar surface area (TPSA) is 81.1 Å². The summed E-state index contributed by atoms with van der Waals surface area (Å²) in [4.78, 5) is 18.5. The Balaban J connectivity index is 1.50. The molecule has 2 heterocycles. The third kappa shape index (κ3) is 5.54. The highest BCUT2D eigenvalue weighted by Crippen LogP contribution is 2.38. The number of hydrogen-bond donors (Lipinski definition) is 2. The number of fused-ring (bicyclic) bond motifs is 1. The summed E-state index contributed by atoms with van der Waals surface area (Å²) in [6, 6.07) is 19.6. The Morgan fingerprint density at radius 3 is 2.59 bits per heavy atom. The van der Waals surface area contributed by atoms with Crippen LogP contribution in [0.2, 0.25) is 0 Å². The van der Waals surface area contributed by atoms with Crippen LogP contribution in [0, 0.1) is 19.7 Å². The van der Waals surface area contributed by atoms with Gasteiger partial charge in [0.25, 0.3) is 5.91 Å². The van der Waals surface area contributed by atoms with Gasteiger partial charge >= 0.3 is 0 Å². The second-order valence-corrected chi connectivity index (χ2v) is 10.3. The fourth-order valence-corrected chi connectivity index (χ4v) is 5.36. The molecule has 0 aliphatic carbocycles. The van der Waals surface area contributed by atoms with Gasteiger partial charge in [-0.25, -0.2) is 9.07 Å². The minimum atomic E-state index is -0.530. The number of anilines is 2. The highest BCUT2D eigenvalue weighted by atomic mass is 32.2. The summed E-state index contributed by atoms with van der Waals surface area (Å²) in [7, 11) is 0. The Morgan fingerprint density at radius 1 is 1.08 bits per heavy atom. The number of carbonyl (C=O) groups excluding carboxylic acids is 1. The number of ether oxygens (including phenoxy) is 1. The zero-order valence-corrected chi connectivity index (χ0v) is 23.1. The normalized spacial score (nSPS) is 14.5. The van der Waals surface area contributed by atoms with Crippen LogP contribution in [-0.4, -0.2) is 27.3 Å². The van der Waals surface area contributed by atoms with Gasteiger partial charge in [0, 0.05) is 17.1 Å². The first kappa shape index (κ1) is 26.5. The molecular formula is C30H30FN5O2S. The predicted molar refractivity (Wildman–Crippen MR) is 153 cm³/mol. The fourth-order valence-electron chi connectivity index (χ4n) is 4.54. The van der Waals surface area contributed by atoms with E-state index in [0.717, 1.165) is 28.1 Å². The monoisotopic (exact) mass is 543 g/mol. The third-order valence-electron chi connectivity index (χ3n) is 6.75. The SMILES string of the molecule is CCOc1ccc(C2C(C(=O)Nc3cccc(C)c3C)=C(C)Nc3nc(SCc4ccccc4F)nn32)cc1. The summed E-state index contributed by atoms with van der Waals surface area (Å²) in [5.41, 5.74) is 5.52. The number of carbonyl (C=O) groups is 1. The Morgan fingerprint density at radius 2 is 1.85 bits per heavy atom. The number of hydrogen-bond acceptors (Lipinski definition) is 6. The highest BCUT2D eigenvalue weighted by molar-refractivity contribution is 7.98. The molecule has 1 aromatic heterocycles. The molecule has 0 radical (unpaired) electrons. The lowest BCUT2D eigenvalue weighted by molar-refractivity contribution is -0.113. The van der Waals surface area contributed by atoms with E-state index in [1.165, 1.54) is 17.8 Å². The van der Waals surface area contributed by atoms with E-state index >= 15 is 0 Å². The number of nitrogens with zero attached hydrogens (tertiary/aromatic N) is 3. The van der Waals surface area contributed by atoms with Crippen LogP contribution >= 0.6 is 11.8 Å². The van der Waals surface area contributed by atoms with E-state index < -0.39 is 6.04 Å². The van der Waals surface area contributed by atoms with Crippen LogP contribution in [0.5, 0.6) is 5.75 Å². The third-order valence-corrected chi connectivity index (χ3v) is 7.64. The molecule has 5 rings (SSSR count). The quantitative estimate of drug-likeness (QED) is 0.242. The number of benzene rings is 3. The average Bonchev–Trinajstić information content (AvgIpc) is 3.33. The lowest BCUT2D eigenvalue weighted by Gasteiger charge is -2.29. The number of amides is 1. The van der Waals surface area contributed by atoms with Gasteiger partial charge in [-0.05, 0) is 74.2 Å². The summed E-state index contributed by atoms with van der Waals surface area (Å²) >= 11 is 1.34. The molecule has 2 N–H and O–H groups in total. The first-order valence-corrected chi connectivity index (χ1v) is 13.7. The van der Waals surface area contributed by atoms with Gasteiger partial charge in [0.15, 0.2) is 0 Å².